The predicted octanol–water partition coefficient (Wildman–Crippen LogP) is -9.07. The van der Waals surface area contributed by atoms with Crippen molar-refractivity contribution in [1.29, 1.82) is 0 Å². The fraction of sp³-hybridized carbons (Fsp3) is 0. The van der Waals surface area contributed by atoms with Gasteiger partial charge in [0.2, 0.25) is 0 Å². The third-order valence-corrected chi connectivity index (χ3v) is 2.36. The van der Waals surface area contributed by atoms with Crippen molar-refractivity contribution in [1.82, 2.24) is 0 Å². The molecule has 0 bridgehead atoms. The number of halogens is 2. The molecule has 0 amide bonds. The Balaban J connectivity index is -0.000000810. The molecule has 0 heterocycles. The summed E-state index contributed by atoms with van der Waals surface area (Å²) >= 11 is 0. The summed E-state index contributed by atoms with van der Waals surface area (Å²) in [5, 5.41) is 19.9. The molecule has 0 spiro atoms. The van der Waals surface area contributed by atoms with E-state index in [2.05, 4.69) is 0 Å². The van der Waals surface area contributed by atoms with Crippen LogP contribution in [-0.4, -0.2) is 16.3 Å². The summed E-state index contributed by atoms with van der Waals surface area (Å²) < 4.78 is 0. The molecule has 2 N–H and O–H groups in total. The van der Waals surface area contributed by atoms with Crippen molar-refractivity contribution in [3.63, 3.8) is 0 Å². The minimum absolute atomic E-state index is 0. The van der Waals surface area contributed by atoms with Crippen LogP contribution in [0.1, 0.15) is 10.4 Å². The van der Waals surface area contributed by atoms with Gasteiger partial charge in [0.25, 0.3) is 0 Å². The van der Waals surface area contributed by atoms with Gasteiger partial charge in [-0.05, 0) is 24.3 Å². The zero-order valence-corrected chi connectivity index (χ0v) is 17.2. The predicted molar refractivity (Wildman–Crippen MR) is 63.8 cm³/mol. The molecule has 2 aromatic rings. The van der Waals surface area contributed by atoms with Crippen molar-refractivity contribution < 1.29 is 99.0 Å². The number of aromatic carboxylic acids is 1. The number of benzene rings is 2. The van der Waals surface area contributed by atoms with E-state index in [9.17, 15) is 10.0 Å². The Morgan fingerprint density at radius 3 is 1.86 bits per heavy atom. The maximum atomic E-state index is 11.0. The van der Waals surface area contributed by atoms with Gasteiger partial charge in [0.05, 0.1) is 16.9 Å². The normalized spacial score (nSPS) is 8.05. The molecule has 0 aliphatic rings. The van der Waals surface area contributed by atoms with Crippen LogP contribution in [0.3, 0.4) is 0 Å². The van der Waals surface area contributed by atoms with Gasteiger partial charge >= 0.3 is 65.1 Å². The van der Waals surface area contributed by atoms with E-state index in [1.54, 1.807) is 42.5 Å². The summed E-state index contributed by atoms with van der Waals surface area (Å²) in [6.07, 6.45) is 0. The molecule has 4 nitrogen and oxygen atoms in total. The van der Waals surface area contributed by atoms with Gasteiger partial charge in [-0.1, -0.05) is 30.3 Å². The number of hydrogen-bond donors (Lipinski definition) is 2. The molecule has 0 aliphatic carbocycles. The molecule has 2 rings (SSSR count). The van der Waals surface area contributed by atoms with Crippen molar-refractivity contribution in [3.8, 4) is 0 Å². The van der Waals surface area contributed by atoms with Crippen molar-refractivity contribution in [2.24, 2.45) is 0 Å². The summed E-state index contributed by atoms with van der Waals surface area (Å²) in [5.41, 5.74) is 0.811. The van der Waals surface area contributed by atoms with Crippen molar-refractivity contribution in [3.05, 3.63) is 60.2 Å². The topological polar surface area (TPSA) is 60.8 Å². The Morgan fingerprint density at radius 2 is 1.33 bits per heavy atom. The Bertz CT molecular complexity index is 544. The third-order valence-electron chi connectivity index (χ3n) is 2.36. The molecule has 0 aromatic heterocycles. The van der Waals surface area contributed by atoms with E-state index < -0.39 is 5.97 Å². The Morgan fingerprint density at radius 1 is 0.857 bits per heavy atom. The molecule has 0 saturated heterocycles. The molecule has 0 aliphatic heterocycles. The monoisotopic (exact) mass is 345 g/mol. The van der Waals surface area contributed by atoms with Crippen LogP contribution >= 0.6 is 0 Å². The smallest absolute Gasteiger partial charge is 1.00 e. The summed E-state index contributed by atoms with van der Waals surface area (Å²) in [6.45, 7) is 0. The molecule has 0 fully saturated rings. The first-order valence-corrected chi connectivity index (χ1v) is 5.06. The average molecular weight is 346 g/mol. The Kier molecular flexibility index (Phi) is 15.9. The number of carboxylic acid groups (broad SMARTS) is 1. The molecular weight excluding hydrogens is 335 g/mol. The number of carboxylic acids is 1. The van der Waals surface area contributed by atoms with E-state index in [0.29, 0.717) is 5.69 Å². The molecular formula is C13H11Cl2NNa2O3. The van der Waals surface area contributed by atoms with E-state index in [4.69, 9.17) is 5.11 Å². The van der Waals surface area contributed by atoms with Gasteiger partial charge in [-0.3, -0.25) is 5.21 Å². The van der Waals surface area contributed by atoms with Gasteiger partial charge in [0.15, 0.2) is 0 Å². The van der Waals surface area contributed by atoms with Crippen molar-refractivity contribution in [2.45, 2.75) is 0 Å². The fourth-order valence-corrected chi connectivity index (χ4v) is 1.55. The van der Waals surface area contributed by atoms with Crippen LogP contribution in [0.5, 0.6) is 0 Å². The van der Waals surface area contributed by atoms with Crippen LogP contribution in [0.15, 0.2) is 54.6 Å². The second-order valence-corrected chi connectivity index (χ2v) is 3.47. The van der Waals surface area contributed by atoms with Gasteiger partial charge in [-0.2, -0.15) is 0 Å². The number of rotatable bonds is 3. The van der Waals surface area contributed by atoms with Crippen molar-refractivity contribution in [2.75, 3.05) is 5.06 Å². The number of carbonyl (C=O) groups is 1. The summed E-state index contributed by atoms with van der Waals surface area (Å²) in [7, 11) is 0. The second-order valence-electron chi connectivity index (χ2n) is 3.47. The first-order valence-electron chi connectivity index (χ1n) is 5.06. The van der Waals surface area contributed by atoms with E-state index in [1.807, 2.05) is 6.07 Å². The molecule has 8 heteroatoms. The molecule has 0 unspecified atom stereocenters. The third kappa shape index (κ3) is 6.91. The fourth-order valence-electron chi connectivity index (χ4n) is 1.55. The second kappa shape index (κ2) is 12.8. The van der Waals surface area contributed by atoms with Crippen LogP contribution < -0.4 is 89.0 Å². The molecule has 0 atom stereocenters. The minimum atomic E-state index is -1.07. The first kappa shape index (κ1) is 26.2. The number of hydrogen-bond acceptors (Lipinski definition) is 3. The molecule has 21 heavy (non-hydrogen) atoms. The maximum Gasteiger partial charge on any atom is 1.00 e. The van der Waals surface area contributed by atoms with E-state index >= 15 is 0 Å². The van der Waals surface area contributed by atoms with Gasteiger partial charge in [-0.25, -0.2) is 9.86 Å². The van der Waals surface area contributed by atoms with Gasteiger partial charge in [0.1, 0.15) is 0 Å². The standard InChI is InChI=1S/C13H11NO3.2ClH.2Na/c15-13(16)11-8-4-5-9-12(11)14(17)10-6-2-1-3-7-10;;;;/h1-9,17H,(H,15,16);2*1H;;/q;;;2*+1/p-2. The van der Waals surface area contributed by atoms with E-state index in [1.165, 1.54) is 6.07 Å². The molecule has 102 valence electrons. The zero-order valence-electron chi connectivity index (χ0n) is 11.7. The molecule has 0 saturated carbocycles. The van der Waals surface area contributed by atoms with Gasteiger partial charge in [-0.15, -0.1) is 0 Å². The van der Waals surface area contributed by atoms with Gasteiger partial charge in [0, 0.05) is 0 Å². The quantitative estimate of drug-likeness (QED) is 0.428. The number of anilines is 2. The molecule has 0 radical (unpaired) electrons. The van der Waals surface area contributed by atoms with Gasteiger partial charge < -0.3 is 29.9 Å². The average Bonchev–Trinajstić information content (AvgIpc) is 2.39. The zero-order chi connectivity index (χ0) is 12.3. The SMILES string of the molecule is O=C(O)c1ccccc1N(O)c1ccccc1.[Cl-].[Cl-].[Na+].[Na+]. The van der Waals surface area contributed by atoms with E-state index in [0.717, 1.165) is 5.06 Å². The Labute approximate surface area is 179 Å². The maximum absolute atomic E-state index is 11.0. The van der Waals surface area contributed by atoms with Crippen LogP contribution in [-0.2, 0) is 0 Å². The molecule has 2 aromatic carbocycles. The summed E-state index contributed by atoms with van der Waals surface area (Å²) in [5.74, 6) is -1.07. The largest absolute Gasteiger partial charge is 1.00 e. The van der Waals surface area contributed by atoms with Crippen LogP contribution in [0.25, 0.3) is 0 Å². The summed E-state index contributed by atoms with van der Waals surface area (Å²) in [4.78, 5) is 11.0. The van der Waals surface area contributed by atoms with Crippen molar-refractivity contribution >= 4 is 17.3 Å². The van der Waals surface area contributed by atoms with Crippen LogP contribution in [0, 0.1) is 0 Å². The first-order chi connectivity index (χ1) is 8.20. The number of para-hydroxylation sites is 2. The summed E-state index contributed by atoms with van der Waals surface area (Å²) in [6, 6.07) is 15.0. The van der Waals surface area contributed by atoms with Crippen LogP contribution in [0.4, 0.5) is 11.4 Å². The minimum Gasteiger partial charge on any atom is -1.00 e. The van der Waals surface area contributed by atoms with Crippen LogP contribution in [0.2, 0.25) is 0 Å². The van der Waals surface area contributed by atoms with E-state index in [-0.39, 0.29) is 95.2 Å². The number of nitrogens with zero attached hydrogens (tertiary/aromatic N) is 1. The Hall–Kier alpha value is 0.250.